The molecule has 19 heavy (non-hydrogen) atoms. The Labute approximate surface area is 115 Å². The van der Waals surface area contributed by atoms with Crippen molar-refractivity contribution in [1.29, 1.82) is 0 Å². The molecule has 2 saturated carbocycles. The first-order valence-electron chi connectivity index (χ1n) is 6.90. The van der Waals surface area contributed by atoms with Gasteiger partial charge in [-0.05, 0) is 37.3 Å². The van der Waals surface area contributed by atoms with Crippen molar-refractivity contribution >= 4 is 22.8 Å². The highest BCUT2D eigenvalue weighted by atomic mass is 35.5. The molecule has 4 rings (SSSR count). The lowest BCUT2D eigenvalue weighted by Crippen LogP contribution is -2.26. The molecule has 0 N–H and O–H groups in total. The summed E-state index contributed by atoms with van der Waals surface area (Å²) in [4.78, 5) is 21.0. The van der Waals surface area contributed by atoms with Crippen LogP contribution in [0.3, 0.4) is 0 Å². The zero-order valence-corrected chi connectivity index (χ0v) is 11.3. The lowest BCUT2D eigenvalue weighted by Gasteiger charge is -2.10. The third kappa shape index (κ3) is 1.71. The first kappa shape index (κ1) is 11.5. The molecule has 0 atom stereocenters. The van der Waals surface area contributed by atoms with Crippen LogP contribution >= 0.6 is 11.6 Å². The minimum Gasteiger partial charge on any atom is -0.286 e. The molecule has 2 aromatic rings. The van der Waals surface area contributed by atoms with Gasteiger partial charge in [-0.3, -0.25) is 9.13 Å². The molecular formula is C13H15ClN4O. The number of hydrogen-bond acceptors (Lipinski definition) is 3. The van der Waals surface area contributed by atoms with Crippen LogP contribution in [0.1, 0.15) is 50.6 Å². The van der Waals surface area contributed by atoms with Crippen molar-refractivity contribution in [1.82, 2.24) is 19.1 Å². The van der Waals surface area contributed by atoms with Gasteiger partial charge in [0, 0.05) is 12.1 Å². The van der Waals surface area contributed by atoms with Crippen molar-refractivity contribution in [3.8, 4) is 0 Å². The van der Waals surface area contributed by atoms with Crippen molar-refractivity contribution < 1.29 is 0 Å². The van der Waals surface area contributed by atoms with Crippen LogP contribution in [0.15, 0.2) is 11.0 Å². The molecule has 0 aliphatic heterocycles. The van der Waals surface area contributed by atoms with Crippen molar-refractivity contribution in [2.45, 2.75) is 50.6 Å². The molecule has 2 aromatic heterocycles. The third-order valence-corrected chi connectivity index (χ3v) is 4.40. The monoisotopic (exact) mass is 278 g/mol. The summed E-state index contributed by atoms with van der Waals surface area (Å²) < 4.78 is 3.72. The maximum atomic E-state index is 12.7. The second-order valence-electron chi connectivity index (χ2n) is 5.54. The fourth-order valence-corrected chi connectivity index (χ4v) is 3.31. The topological polar surface area (TPSA) is 52.7 Å². The summed E-state index contributed by atoms with van der Waals surface area (Å²) in [5.74, 6) is 0. The number of hydrogen-bond donors (Lipinski definition) is 0. The fourth-order valence-electron chi connectivity index (χ4n) is 3.18. The van der Waals surface area contributed by atoms with E-state index >= 15 is 0 Å². The first-order valence-corrected chi connectivity index (χ1v) is 7.28. The van der Waals surface area contributed by atoms with E-state index in [2.05, 4.69) is 9.97 Å². The Balaban J connectivity index is 2.01. The van der Waals surface area contributed by atoms with Gasteiger partial charge >= 0.3 is 5.69 Å². The largest absolute Gasteiger partial charge is 0.330 e. The number of halogens is 1. The van der Waals surface area contributed by atoms with Gasteiger partial charge in [0.25, 0.3) is 0 Å². The van der Waals surface area contributed by atoms with Crippen LogP contribution in [0.25, 0.3) is 11.2 Å². The van der Waals surface area contributed by atoms with Crippen LogP contribution in [0.5, 0.6) is 0 Å². The zero-order chi connectivity index (χ0) is 13.0. The molecule has 0 aromatic carbocycles. The standard InChI is InChI=1S/C13H15ClN4O/c14-12-15-7-10-11(16-12)18(8-3-1-2-4-8)13(19)17(10)9-5-6-9/h7-9H,1-6H2. The van der Waals surface area contributed by atoms with Gasteiger partial charge in [-0.15, -0.1) is 0 Å². The van der Waals surface area contributed by atoms with Crippen molar-refractivity contribution in [3.05, 3.63) is 22.0 Å². The number of aromatic nitrogens is 4. The van der Waals surface area contributed by atoms with Gasteiger partial charge in [0.15, 0.2) is 5.65 Å². The average molecular weight is 279 g/mol. The minimum atomic E-state index is 0.0703. The molecule has 6 heteroatoms. The summed E-state index contributed by atoms with van der Waals surface area (Å²) in [7, 11) is 0. The Morgan fingerprint density at radius 3 is 2.47 bits per heavy atom. The Hall–Kier alpha value is -1.36. The molecule has 100 valence electrons. The predicted octanol–water partition coefficient (Wildman–Crippen LogP) is 2.70. The highest BCUT2D eigenvalue weighted by molar-refractivity contribution is 6.28. The number of rotatable bonds is 2. The molecule has 0 unspecified atom stereocenters. The lowest BCUT2D eigenvalue weighted by molar-refractivity contribution is 0.500. The van der Waals surface area contributed by atoms with E-state index in [9.17, 15) is 4.79 Å². The van der Waals surface area contributed by atoms with Crippen LogP contribution in [-0.2, 0) is 0 Å². The highest BCUT2D eigenvalue weighted by Gasteiger charge is 2.32. The highest BCUT2D eigenvalue weighted by Crippen LogP contribution is 2.37. The molecular weight excluding hydrogens is 264 g/mol. The van der Waals surface area contributed by atoms with Gasteiger partial charge in [0.1, 0.15) is 5.52 Å². The zero-order valence-electron chi connectivity index (χ0n) is 10.5. The van der Waals surface area contributed by atoms with Gasteiger partial charge in [0.2, 0.25) is 5.28 Å². The van der Waals surface area contributed by atoms with Crippen molar-refractivity contribution in [3.63, 3.8) is 0 Å². The van der Waals surface area contributed by atoms with E-state index in [1.165, 1.54) is 12.8 Å². The summed E-state index contributed by atoms with van der Waals surface area (Å²) in [6, 6.07) is 0.614. The van der Waals surface area contributed by atoms with Crippen LogP contribution < -0.4 is 5.69 Å². The van der Waals surface area contributed by atoms with Crippen molar-refractivity contribution in [2.75, 3.05) is 0 Å². The Kier molecular flexibility index (Phi) is 2.45. The second kappa shape index (κ2) is 4.07. The molecule has 0 spiro atoms. The molecule has 2 aliphatic carbocycles. The maximum Gasteiger partial charge on any atom is 0.330 e. The van der Waals surface area contributed by atoms with Gasteiger partial charge in [-0.2, -0.15) is 4.98 Å². The van der Waals surface area contributed by atoms with E-state index in [1.54, 1.807) is 6.20 Å². The molecule has 0 radical (unpaired) electrons. The van der Waals surface area contributed by atoms with Crippen LogP contribution in [0.4, 0.5) is 0 Å². The maximum absolute atomic E-state index is 12.7. The van der Waals surface area contributed by atoms with Gasteiger partial charge in [-0.1, -0.05) is 12.8 Å². The summed E-state index contributed by atoms with van der Waals surface area (Å²) in [6.45, 7) is 0. The minimum absolute atomic E-state index is 0.0703. The Bertz CT molecular complexity index is 694. The number of imidazole rings is 1. The van der Waals surface area contributed by atoms with E-state index in [0.29, 0.717) is 11.7 Å². The van der Waals surface area contributed by atoms with E-state index in [1.807, 2.05) is 9.13 Å². The molecule has 2 fully saturated rings. The van der Waals surface area contributed by atoms with Crippen LogP contribution in [0.2, 0.25) is 5.28 Å². The first-order chi connectivity index (χ1) is 9.25. The molecule has 0 saturated heterocycles. The average Bonchev–Trinajstić information content (AvgIpc) is 2.99. The molecule has 5 nitrogen and oxygen atoms in total. The van der Waals surface area contributed by atoms with Crippen LogP contribution in [0, 0.1) is 0 Å². The van der Waals surface area contributed by atoms with E-state index < -0.39 is 0 Å². The normalized spacial score (nSPS) is 20.5. The van der Waals surface area contributed by atoms with Crippen LogP contribution in [-0.4, -0.2) is 19.1 Å². The van der Waals surface area contributed by atoms with Gasteiger partial charge in [0.05, 0.1) is 6.20 Å². The van der Waals surface area contributed by atoms with E-state index in [-0.39, 0.29) is 17.0 Å². The SMILES string of the molecule is O=c1n(C2CC2)c2cnc(Cl)nc2n1C1CCCC1. The Morgan fingerprint density at radius 2 is 1.79 bits per heavy atom. The molecule has 0 bridgehead atoms. The summed E-state index contributed by atoms with van der Waals surface area (Å²) in [6.07, 6.45) is 8.34. The van der Waals surface area contributed by atoms with Gasteiger partial charge < -0.3 is 0 Å². The van der Waals surface area contributed by atoms with E-state index in [4.69, 9.17) is 11.6 Å². The molecule has 2 heterocycles. The molecule has 2 aliphatic rings. The summed E-state index contributed by atoms with van der Waals surface area (Å²) in [5, 5.41) is 0.215. The smallest absolute Gasteiger partial charge is 0.286 e. The van der Waals surface area contributed by atoms with E-state index in [0.717, 1.165) is 31.2 Å². The predicted molar refractivity (Wildman–Crippen MR) is 72.6 cm³/mol. The fraction of sp³-hybridized carbons (Fsp3) is 0.615. The summed E-state index contributed by atoms with van der Waals surface area (Å²) in [5.41, 5.74) is 1.62. The second-order valence-corrected chi connectivity index (χ2v) is 5.88. The van der Waals surface area contributed by atoms with Gasteiger partial charge in [-0.25, -0.2) is 9.78 Å². The van der Waals surface area contributed by atoms with Crippen molar-refractivity contribution in [2.24, 2.45) is 0 Å². The number of nitrogens with zero attached hydrogens (tertiary/aromatic N) is 4. The lowest BCUT2D eigenvalue weighted by atomic mass is 10.2. The quantitative estimate of drug-likeness (QED) is 0.794. The Morgan fingerprint density at radius 1 is 1.11 bits per heavy atom. The number of fused-ring (bicyclic) bond motifs is 1. The third-order valence-electron chi connectivity index (χ3n) is 4.22. The summed E-state index contributed by atoms with van der Waals surface area (Å²) >= 11 is 5.91. The molecule has 0 amide bonds.